The first-order valence-electron chi connectivity index (χ1n) is 7.15. The van der Waals surface area contributed by atoms with Crippen molar-refractivity contribution in [2.75, 3.05) is 12.4 Å². The topological polar surface area (TPSA) is 79.8 Å². The summed E-state index contributed by atoms with van der Waals surface area (Å²) in [6.07, 6.45) is 1.39. The Kier molecular flexibility index (Phi) is 6.55. The van der Waals surface area contributed by atoms with Crippen molar-refractivity contribution in [2.45, 2.75) is 6.92 Å². The molecule has 0 bridgehead atoms. The predicted octanol–water partition coefficient (Wildman–Crippen LogP) is 3.51. The van der Waals surface area contributed by atoms with Crippen molar-refractivity contribution in [2.24, 2.45) is 5.10 Å². The van der Waals surface area contributed by atoms with Crippen molar-refractivity contribution in [1.29, 1.82) is 0 Å². The summed E-state index contributed by atoms with van der Waals surface area (Å²) in [6.45, 7) is 1.77. The van der Waals surface area contributed by atoms with Crippen molar-refractivity contribution >= 4 is 51.2 Å². The highest BCUT2D eigenvalue weighted by Gasteiger charge is 2.14. The maximum Gasteiger partial charge on any atom is 0.329 e. The first kappa shape index (κ1) is 19.0. The number of anilines is 1. The van der Waals surface area contributed by atoms with Crippen LogP contribution < -0.4 is 15.5 Å². The number of ether oxygens (including phenoxy) is 1. The number of hydrogen-bond donors (Lipinski definition) is 2. The van der Waals surface area contributed by atoms with Crippen LogP contribution in [0.5, 0.6) is 5.75 Å². The van der Waals surface area contributed by atoms with Crippen LogP contribution in [0, 0.1) is 6.92 Å². The third kappa shape index (κ3) is 5.30. The van der Waals surface area contributed by atoms with Crippen LogP contribution in [0.15, 0.2) is 46.0 Å². The molecule has 0 fully saturated rings. The Hall–Kier alpha value is -2.38. The Morgan fingerprint density at radius 1 is 1.20 bits per heavy atom. The Balaban J connectivity index is 2.00. The Labute approximate surface area is 158 Å². The number of nitrogens with one attached hydrogen (secondary N) is 2. The quantitative estimate of drug-likeness (QED) is 0.448. The molecule has 2 aromatic rings. The largest absolute Gasteiger partial charge is 0.496 e. The molecule has 8 heteroatoms. The number of rotatable bonds is 4. The van der Waals surface area contributed by atoms with Gasteiger partial charge in [-0.3, -0.25) is 9.59 Å². The fourth-order valence-electron chi connectivity index (χ4n) is 1.96. The lowest BCUT2D eigenvalue weighted by Crippen LogP contribution is -2.32. The second kappa shape index (κ2) is 8.64. The second-order valence-corrected chi connectivity index (χ2v) is 6.35. The van der Waals surface area contributed by atoms with Gasteiger partial charge in [0.2, 0.25) is 0 Å². The van der Waals surface area contributed by atoms with Crippen molar-refractivity contribution in [3.8, 4) is 5.75 Å². The minimum absolute atomic E-state index is 0.502. The fourth-order valence-corrected chi connectivity index (χ4v) is 2.57. The smallest absolute Gasteiger partial charge is 0.329 e. The van der Waals surface area contributed by atoms with Crippen LogP contribution >= 0.6 is 27.5 Å². The SMILES string of the molecule is COc1ccc(Br)cc1/C=N\NC(=O)C(=O)Nc1ccc(Cl)cc1C. The number of carbonyl (C=O) groups is 2. The highest BCUT2D eigenvalue weighted by atomic mass is 79.9. The zero-order valence-corrected chi connectivity index (χ0v) is 15.8. The number of hydrogen-bond acceptors (Lipinski definition) is 4. The molecule has 25 heavy (non-hydrogen) atoms. The van der Waals surface area contributed by atoms with Crippen LogP contribution in [-0.4, -0.2) is 25.1 Å². The van der Waals surface area contributed by atoms with E-state index in [1.807, 2.05) is 6.07 Å². The molecule has 0 atom stereocenters. The first-order chi connectivity index (χ1) is 11.9. The maximum atomic E-state index is 11.9. The number of nitrogens with zero attached hydrogens (tertiary/aromatic N) is 1. The highest BCUT2D eigenvalue weighted by Crippen LogP contribution is 2.21. The summed E-state index contributed by atoms with van der Waals surface area (Å²) in [5.74, 6) is -1.13. The van der Waals surface area contributed by atoms with E-state index in [-0.39, 0.29) is 0 Å². The van der Waals surface area contributed by atoms with Gasteiger partial charge in [-0.15, -0.1) is 0 Å². The van der Waals surface area contributed by atoms with E-state index in [0.717, 1.165) is 10.0 Å². The molecule has 6 nitrogen and oxygen atoms in total. The molecular formula is C17H15BrClN3O3. The summed E-state index contributed by atoms with van der Waals surface area (Å²) in [6, 6.07) is 10.3. The molecule has 2 rings (SSSR count). The Bertz CT molecular complexity index is 840. The molecule has 0 aromatic heterocycles. The van der Waals surface area contributed by atoms with Crippen LogP contribution in [0.2, 0.25) is 5.02 Å². The van der Waals surface area contributed by atoms with Gasteiger partial charge in [0.25, 0.3) is 0 Å². The zero-order chi connectivity index (χ0) is 18.4. The van der Waals surface area contributed by atoms with Crippen molar-refractivity contribution in [3.63, 3.8) is 0 Å². The summed E-state index contributed by atoms with van der Waals surface area (Å²) >= 11 is 9.19. The summed E-state index contributed by atoms with van der Waals surface area (Å²) in [5.41, 5.74) is 4.07. The molecular weight excluding hydrogens is 410 g/mol. The maximum absolute atomic E-state index is 11.9. The van der Waals surface area contributed by atoms with Crippen molar-refractivity contribution in [3.05, 3.63) is 57.0 Å². The number of amides is 2. The average molecular weight is 425 g/mol. The van der Waals surface area contributed by atoms with Gasteiger partial charge in [-0.25, -0.2) is 5.43 Å². The van der Waals surface area contributed by atoms with E-state index in [2.05, 4.69) is 31.8 Å². The molecule has 0 saturated heterocycles. The summed E-state index contributed by atoms with van der Waals surface area (Å²) in [5, 5.41) is 6.83. The van der Waals surface area contributed by atoms with Gasteiger partial charge < -0.3 is 10.1 Å². The third-order valence-electron chi connectivity index (χ3n) is 3.20. The van der Waals surface area contributed by atoms with Gasteiger partial charge in [0, 0.05) is 20.7 Å². The van der Waals surface area contributed by atoms with E-state index in [0.29, 0.717) is 22.0 Å². The molecule has 0 spiro atoms. The van der Waals surface area contributed by atoms with Gasteiger partial charge in [0.1, 0.15) is 5.75 Å². The van der Waals surface area contributed by atoms with E-state index in [9.17, 15) is 9.59 Å². The van der Waals surface area contributed by atoms with Crippen LogP contribution in [0.25, 0.3) is 0 Å². The van der Waals surface area contributed by atoms with E-state index < -0.39 is 11.8 Å². The monoisotopic (exact) mass is 423 g/mol. The molecule has 130 valence electrons. The van der Waals surface area contributed by atoms with Gasteiger partial charge >= 0.3 is 11.8 Å². The molecule has 0 unspecified atom stereocenters. The van der Waals surface area contributed by atoms with E-state index in [1.165, 1.54) is 13.3 Å². The molecule has 0 heterocycles. The predicted molar refractivity (Wildman–Crippen MR) is 101 cm³/mol. The Morgan fingerprint density at radius 3 is 2.64 bits per heavy atom. The summed E-state index contributed by atoms with van der Waals surface area (Å²) in [4.78, 5) is 23.7. The lowest BCUT2D eigenvalue weighted by Gasteiger charge is -2.07. The molecule has 0 aliphatic rings. The molecule has 2 aromatic carbocycles. The number of benzene rings is 2. The Morgan fingerprint density at radius 2 is 1.96 bits per heavy atom. The molecule has 2 amide bonds. The van der Waals surface area contributed by atoms with E-state index in [4.69, 9.17) is 16.3 Å². The number of aryl methyl sites for hydroxylation is 1. The van der Waals surface area contributed by atoms with Crippen LogP contribution in [0.4, 0.5) is 5.69 Å². The standard InChI is InChI=1S/C17H15BrClN3O3/c1-10-7-13(19)4-5-14(10)21-16(23)17(24)22-20-9-11-8-12(18)3-6-15(11)25-2/h3-9H,1-2H3,(H,21,23)(H,22,24)/b20-9-. The van der Waals surface area contributed by atoms with E-state index >= 15 is 0 Å². The molecule has 0 aliphatic carbocycles. The average Bonchev–Trinajstić information content (AvgIpc) is 2.57. The van der Waals surface area contributed by atoms with Crippen LogP contribution in [0.3, 0.4) is 0 Å². The third-order valence-corrected chi connectivity index (χ3v) is 3.93. The van der Waals surface area contributed by atoms with Crippen LogP contribution in [-0.2, 0) is 9.59 Å². The summed E-state index contributed by atoms with van der Waals surface area (Å²) in [7, 11) is 1.53. The van der Waals surface area contributed by atoms with Gasteiger partial charge in [0.15, 0.2) is 0 Å². The van der Waals surface area contributed by atoms with Gasteiger partial charge in [0.05, 0.1) is 13.3 Å². The minimum atomic E-state index is -0.889. The number of carbonyl (C=O) groups excluding carboxylic acids is 2. The van der Waals surface area contributed by atoms with Crippen molar-refractivity contribution in [1.82, 2.24) is 5.43 Å². The fraction of sp³-hybridized carbons (Fsp3) is 0.118. The van der Waals surface area contributed by atoms with Gasteiger partial charge in [-0.05, 0) is 48.9 Å². The van der Waals surface area contributed by atoms with E-state index in [1.54, 1.807) is 37.3 Å². The van der Waals surface area contributed by atoms with Crippen LogP contribution in [0.1, 0.15) is 11.1 Å². The number of hydrazone groups is 1. The lowest BCUT2D eigenvalue weighted by molar-refractivity contribution is -0.136. The first-order valence-corrected chi connectivity index (χ1v) is 8.32. The number of halogens is 2. The normalized spacial score (nSPS) is 10.6. The molecule has 0 radical (unpaired) electrons. The van der Waals surface area contributed by atoms with Gasteiger partial charge in [-0.1, -0.05) is 27.5 Å². The highest BCUT2D eigenvalue weighted by molar-refractivity contribution is 9.10. The minimum Gasteiger partial charge on any atom is -0.496 e. The van der Waals surface area contributed by atoms with Crippen molar-refractivity contribution < 1.29 is 14.3 Å². The number of methoxy groups -OCH3 is 1. The molecule has 2 N–H and O–H groups in total. The summed E-state index contributed by atoms with van der Waals surface area (Å²) < 4.78 is 6.02. The lowest BCUT2D eigenvalue weighted by atomic mass is 10.2. The molecule has 0 aliphatic heterocycles. The second-order valence-electron chi connectivity index (χ2n) is 5.00. The zero-order valence-electron chi connectivity index (χ0n) is 13.5. The van der Waals surface area contributed by atoms with Gasteiger partial charge in [-0.2, -0.15) is 5.10 Å². The molecule has 0 saturated carbocycles.